The Bertz CT molecular complexity index is 437. The van der Waals surface area contributed by atoms with Crippen molar-refractivity contribution < 1.29 is 4.52 Å². The van der Waals surface area contributed by atoms with E-state index in [2.05, 4.69) is 49.7 Å². The molecule has 5 heteroatoms. The Hall–Kier alpha value is -0.940. The molecule has 2 N–H and O–H groups in total. The largest absolute Gasteiger partial charge is 0.338 e. The number of nitrogens with two attached hydrogens (primary N) is 1. The van der Waals surface area contributed by atoms with Crippen LogP contribution in [0.3, 0.4) is 0 Å². The molecule has 0 radical (unpaired) electrons. The van der Waals surface area contributed by atoms with E-state index in [1.54, 1.807) is 0 Å². The summed E-state index contributed by atoms with van der Waals surface area (Å²) in [6.07, 6.45) is 1.13. The zero-order valence-electron chi connectivity index (χ0n) is 12.7. The van der Waals surface area contributed by atoms with Crippen LogP contribution >= 0.6 is 0 Å². The van der Waals surface area contributed by atoms with Gasteiger partial charge in [0.05, 0.1) is 6.04 Å². The summed E-state index contributed by atoms with van der Waals surface area (Å²) >= 11 is 0. The molecule has 2 atom stereocenters. The fourth-order valence-electron chi connectivity index (χ4n) is 2.42. The molecule has 0 spiro atoms. The standard InChI is InChI=1S/C14H26N4O/c1-10(18-7-6-14(5,8-15)9-18)11-16-12(17-19-11)13(2,3)4/h10H,6-9,15H2,1-5H3. The van der Waals surface area contributed by atoms with E-state index in [4.69, 9.17) is 10.3 Å². The van der Waals surface area contributed by atoms with Crippen LogP contribution in [0.15, 0.2) is 4.52 Å². The lowest BCUT2D eigenvalue weighted by molar-refractivity contribution is 0.188. The Balaban J connectivity index is 2.09. The Labute approximate surface area is 115 Å². The molecule has 1 aromatic heterocycles. The van der Waals surface area contributed by atoms with E-state index < -0.39 is 0 Å². The molecule has 1 aliphatic rings. The van der Waals surface area contributed by atoms with Crippen molar-refractivity contribution in [1.29, 1.82) is 0 Å². The fraction of sp³-hybridized carbons (Fsp3) is 0.857. The van der Waals surface area contributed by atoms with Crippen LogP contribution in [0.4, 0.5) is 0 Å². The van der Waals surface area contributed by atoms with Crippen molar-refractivity contribution >= 4 is 0 Å². The van der Waals surface area contributed by atoms with Gasteiger partial charge in [0.25, 0.3) is 0 Å². The third-order valence-corrected chi connectivity index (χ3v) is 4.10. The Morgan fingerprint density at radius 3 is 2.63 bits per heavy atom. The van der Waals surface area contributed by atoms with Crippen LogP contribution in [0, 0.1) is 5.41 Å². The number of aromatic nitrogens is 2. The second-order valence-electron chi connectivity index (χ2n) is 7.12. The van der Waals surface area contributed by atoms with Gasteiger partial charge in [-0.1, -0.05) is 32.9 Å². The number of hydrogen-bond donors (Lipinski definition) is 1. The van der Waals surface area contributed by atoms with Crippen molar-refractivity contribution in [2.75, 3.05) is 19.6 Å². The highest BCUT2D eigenvalue weighted by Gasteiger charge is 2.36. The smallest absolute Gasteiger partial charge is 0.243 e. The fourth-order valence-corrected chi connectivity index (χ4v) is 2.42. The molecule has 1 aliphatic heterocycles. The lowest BCUT2D eigenvalue weighted by Crippen LogP contribution is -2.32. The van der Waals surface area contributed by atoms with Crippen molar-refractivity contribution in [3.8, 4) is 0 Å². The highest BCUT2D eigenvalue weighted by molar-refractivity contribution is 5.03. The van der Waals surface area contributed by atoms with Crippen molar-refractivity contribution in [2.45, 2.75) is 52.5 Å². The van der Waals surface area contributed by atoms with Crippen LogP contribution in [0.2, 0.25) is 0 Å². The molecule has 1 fully saturated rings. The molecule has 5 nitrogen and oxygen atoms in total. The molecule has 1 aromatic rings. The van der Waals surface area contributed by atoms with E-state index in [0.29, 0.717) is 5.89 Å². The molecule has 0 saturated carbocycles. The summed E-state index contributed by atoms with van der Waals surface area (Å²) in [5.41, 5.74) is 6.00. The van der Waals surface area contributed by atoms with Gasteiger partial charge in [0, 0.05) is 12.0 Å². The molecule has 2 heterocycles. The molecule has 108 valence electrons. The van der Waals surface area contributed by atoms with Gasteiger partial charge in [-0.15, -0.1) is 0 Å². The summed E-state index contributed by atoms with van der Waals surface area (Å²) in [5.74, 6) is 1.49. The lowest BCUT2D eigenvalue weighted by atomic mass is 9.90. The molecule has 2 unspecified atom stereocenters. The van der Waals surface area contributed by atoms with Gasteiger partial charge in [-0.2, -0.15) is 4.98 Å². The first kappa shape index (κ1) is 14.5. The van der Waals surface area contributed by atoms with Gasteiger partial charge in [0.2, 0.25) is 5.89 Å². The maximum atomic E-state index is 5.85. The van der Waals surface area contributed by atoms with E-state index in [-0.39, 0.29) is 16.9 Å². The zero-order valence-corrected chi connectivity index (χ0v) is 12.7. The summed E-state index contributed by atoms with van der Waals surface area (Å²) in [6, 6.07) is 0.164. The SMILES string of the molecule is CC(c1nc(C(C)(C)C)no1)N1CCC(C)(CN)C1. The lowest BCUT2D eigenvalue weighted by Gasteiger charge is -2.25. The highest BCUT2D eigenvalue weighted by Crippen LogP contribution is 2.34. The van der Waals surface area contributed by atoms with Gasteiger partial charge in [-0.05, 0) is 31.8 Å². The predicted octanol–water partition coefficient (Wildman–Crippen LogP) is 2.10. The van der Waals surface area contributed by atoms with Gasteiger partial charge in [-0.25, -0.2) is 0 Å². The second-order valence-corrected chi connectivity index (χ2v) is 7.12. The van der Waals surface area contributed by atoms with Crippen LogP contribution in [0.25, 0.3) is 0 Å². The molecule has 0 bridgehead atoms. The van der Waals surface area contributed by atoms with Gasteiger partial charge in [-0.3, -0.25) is 4.90 Å². The molecular formula is C14H26N4O. The summed E-state index contributed by atoms with van der Waals surface area (Å²) in [5, 5.41) is 4.10. The van der Waals surface area contributed by atoms with E-state index in [1.165, 1.54) is 0 Å². The van der Waals surface area contributed by atoms with Crippen LogP contribution in [-0.2, 0) is 5.41 Å². The first-order valence-electron chi connectivity index (χ1n) is 7.03. The minimum absolute atomic E-state index is 0.0712. The Morgan fingerprint density at radius 1 is 1.47 bits per heavy atom. The summed E-state index contributed by atoms with van der Waals surface area (Å²) in [6.45, 7) is 13.4. The van der Waals surface area contributed by atoms with Crippen molar-refractivity contribution in [3.63, 3.8) is 0 Å². The molecule has 0 aromatic carbocycles. The zero-order chi connectivity index (χ0) is 14.3. The molecule has 19 heavy (non-hydrogen) atoms. The molecule has 2 rings (SSSR count). The highest BCUT2D eigenvalue weighted by atomic mass is 16.5. The Morgan fingerprint density at radius 2 is 2.16 bits per heavy atom. The van der Waals surface area contributed by atoms with Gasteiger partial charge in [0.15, 0.2) is 5.82 Å². The quantitative estimate of drug-likeness (QED) is 0.907. The third kappa shape index (κ3) is 2.98. The van der Waals surface area contributed by atoms with E-state index in [1.807, 2.05) is 0 Å². The van der Waals surface area contributed by atoms with E-state index in [0.717, 1.165) is 31.9 Å². The first-order chi connectivity index (χ1) is 8.75. The Kier molecular flexibility index (Phi) is 3.71. The minimum atomic E-state index is -0.0712. The minimum Gasteiger partial charge on any atom is -0.338 e. The summed E-state index contributed by atoms with van der Waals surface area (Å²) < 4.78 is 5.43. The first-order valence-corrected chi connectivity index (χ1v) is 7.03. The molecule has 0 amide bonds. The summed E-state index contributed by atoms with van der Waals surface area (Å²) in [7, 11) is 0. The number of likely N-dealkylation sites (tertiary alicyclic amines) is 1. The topological polar surface area (TPSA) is 68.2 Å². The number of rotatable bonds is 3. The van der Waals surface area contributed by atoms with Crippen LogP contribution in [0.1, 0.15) is 58.8 Å². The average molecular weight is 266 g/mol. The van der Waals surface area contributed by atoms with Gasteiger partial charge in [0.1, 0.15) is 0 Å². The van der Waals surface area contributed by atoms with Crippen molar-refractivity contribution in [3.05, 3.63) is 11.7 Å². The van der Waals surface area contributed by atoms with Gasteiger partial charge < -0.3 is 10.3 Å². The average Bonchev–Trinajstić information content (AvgIpc) is 2.94. The second kappa shape index (κ2) is 4.87. The third-order valence-electron chi connectivity index (χ3n) is 4.10. The molecule has 0 aliphatic carbocycles. The number of nitrogens with zero attached hydrogens (tertiary/aromatic N) is 3. The molecule has 1 saturated heterocycles. The maximum Gasteiger partial charge on any atom is 0.243 e. The van der Waals surface area contributed by atoms with E-state index in [9.17, 15) is 0 Å². The van der Waals surface area contributed by atoms with Gasteiger partial charge >= 0.3 is 0 Å². The predicted molar refractivity (Wildman–Crippen MR) is 74.8 cm³/mol. The maximum absolute atomic E-state index is 5.85. The summed E-state index contributed by atoms with van der Waals surface area (Å²) in [4.78, 5) is 6.93. The van der Waals surface area contributed by atoms with Crippen LogP contribution in [-0.4, -0.2) is 34.7 Å². The van der Waals surface area contributed by atoms with Crippen LogP contribution < -0.4 is 5.73 Å². The van der Waals surface area contributed by atoms with Crippen LogP contribution in [0.5, 0.6) is 0 Å². The van der Waals surface area contributed by atoms with E-state index >= 15 is 0 Å². The van der Waals surface area contributed by atoms with Crippen molar-refractivity contribution in [2.24, 2.45) is 11.1 Å². The monoisotopic (exact) mass is 266 g/mol. The number of hydrogen-bond acceptors (Lipinski definition) is 5. The normalized spacial score (nSPS) is 26.8. The molecular weight excluding hydrogens is 240 g/mol. The van der Waals surface area contributed by atoms with Crippen molar-refractivity contribution in [1.82, 2.24) is 15.0 Å².